The third-order valence-corrected chi connectivity index (χ3v) is 7.64. The van der Waals surface area contributed by atoms with Gasteiger partial charge < -0.3 is 19.6 Å². The van der Waals surface area contributed by atoms with Crippen molar-refractivity contribution in [3.05, 3.63) is 83.9 Å². The van der Waals surface area contributed by atoms with Crippen molar-refractivity contribution in [3.8, 4) is 22.6 Å². The molecular formula is C34H41N3O2. The van der Waals surface area contributed by atoms with Gasteiger partial charge in [0, 0.05) is 30.9 Å². The van der Waals surface area contributed by atoms with Crippen molar-refractivity contribution in [3.63, 3.8) is 0 Å². The molecule has 0 aromatic heterocycles. The summed E-state index contributed by atoms with van der Waals surface area (Å²) >= 11 is 0. The van der Waals surface area contributed by atoms with E-state index in [2.05, 4.69) is 67.0 Å². The molecule has 2 heterocycles. The van der Waals surface area contributed by atoms with Crippen LogP contribution < -0.4 is 4.74 Å². The Balaban J connectivity index is 1.60. The van der Waals surface area contributed by atoms with Crippen molar-refractivity contribution < 1.29 is 9.84 Å². The van der Waals surface area contributed by atoms with Gasteiger partial charge in [0.1, 0.15) is 17.3 Å². The average molecular weight is 524 g/mol. The van der Waals surface area contributed by atoms with Crippen molar-refractivity contribution >= 4 is 17.2 Å². The summed E-state index contributed by atoms with van der Waals surface area (Å²) in [6, 6.07) is 22.1. The Morgan fingerprint density at radius 1 is 1.03 bits per heavy atom. The molecule has 1 saturated heterocycles. The number of phenols is 1. The zero-order valence-corrected chi connectivity index (χ0v) is 23.7. The van der Waals surface area contributed by atoms with Crippen LogP contribution in [0.2, 0.25) is 0 Å². The van der Waals surface area contributed by atoms with Gasteiger partial charge in [-0.05, 0) is 85.2 Å². The van der Waals surface area contributed by atoms with E-state index in [0.717, 1.165) is 65.6 Å². The molecule has 0 aliphatic carbocycles. The zero-order chi connectivity index (χ0) is 27.4. The number of piperidine rings is 1. The monoisotopic (exact) mass is 523 g/mol. The molecule has 1 atom stereocenters. The lowest BCUT2D eigenvalue weighted by Crippen LogP contribution is -2.44. The molecule has 5 nitrogen and oxygen atoms in total. The first-order chi connectivity index (χ1) is 19.0. The second kappa shape index (κ2) is 12.1. The largest absolute Gasteiger partial charge is 0.508 e. The number of hydrogen-bond acceptors (Lipinski definition) is 5. The molecule has 0 spiro atoms. The van der Waals surface area contributed by atoms with Gasteiger partial charge in [0.05, 0.1) is 18.4 Å². The Morgan fingerprint density at radius 3 is 2.62 bits per heavy atom. The van der Waals surface area contributed by atoms with E-state index in [1.165, 1.54) is 25.1 Å². The minimum atomic E-state index is 0.274. The van der Waals surface area contributed by atoms with Gasteiger partial charge in [-0.2, -0.15) is 0 Å². The molecule has 0 saturated carbocycles. The number of fused-ring (bicyclic) bond motifs is 1. The van der Waals surface area contributed by atoms with Crippen LogP contribution in [0.5, 0.6) is 11.5 Å². The minimum Gasteiger partial charge on any atom is -0.508 e. The molecule has 2 aliphatic rings. The summed E-state index contributed by atoms with van der Waals surface area (Å²) in [7, 11) is 1.73. The number of nitrogens with zero attached hydrogens (tertiary/aromatic N) is 3. The molecule has 1 unspecified atom stereocenters. The van der Waals surface area contributed by atoms with Crippen LogP contribution in [0.4, 0.5) is 5.69 Å². The summed E-state index contributed by atoms with van der Waals surface area (Å²) < 4.78 is 5.81. The van der Waals surface area contributed by atoms with E-state index in [1.54, 1.807) is 13.2 Å². The predicted molar refractivity (Wildman–Crippen MR) is 162 cm³/mol. The summed E-state index contributed by atoms with van der Waals surface area (Å²) in [4.78, 5) is 10.4. The number of aromatic hydroxyl groups is 1. The van der Waals surface area contributed by atoms with Gasteiger partial charge in [0.2, 0.25) is 0 Å². The van der Waals surface area contributed by atoms with Crippen LogP contribution in [-0.4, -0.2) is 54.0 Å². The molecule has 2 aliphatic heterocycles. The maximum Gasteiger partial charge on any atom is 0.144 e. The highest BCUT2D eigenvalue weighted by Gasteiger charge is 2.31. The first-order valence-corrected chi connectivity index (χ1v) is 14.3. The quantitative estimate of drug-likeness (QED) is 0.331. The highest BCUT2D eigenvalue weighted by molar-refractivity contribution is 6.09. The smallest absolute Gasteiger partial charge is 0.144 e. The lowest BCUT2D eigenvalue weighted by atomic mass is 9.93. The zero-order valence-electron chi connectivity index (χ0n) is 23.7. The fourth-order valence-corrected chi connectivity index (χ4v) is 6.01. The van der Waals surface area contributed by atoms with Gasteiger partial charge in [-0.15, -0.1) is 0 Å². The fraction of sp³-hybridized carbons (Fsp3) is 0.382. The van der Waals surface area contributed by atoms with Gasteiger partial charge in [-0.25, -0.2) is 4.99 Å². The number of allylic oxidation sites excluding steroid dienone is 1. The van der Waals surface area contributed by atoms with Crippen LogP contribution in [0, 0.1) is 11.8 Å². The third-order valence-electron chi connectivity index (χ3n) is 7.64. The number of benzene rings is 3. The van der Waals surface area contributed by atoms with Gasteiger partial charge in [-0.1, -0.05) is 57.2 Å². The van der Waals surface area contributed by atoms with Crippen LogP contribution in [0.15, 0.2) is 77.8 Å². The van der Waals surface area contributed by atoms with E-state index >= 15 is 0 Å². The molecule has 0 radical (unpaired) electrons. The van der Waals surface area contributed by atoms with Crippen LogP contribution in [-0.2, 0) is 0 Å². The molecule has 39 heavy (non-hydrogen) atoms. The summed E-state index contributed by atoms with van der Waals surface area (Å²) in [6.45, 7) is 11.2. The number of hydrogen-bond donors (Lipinski definition) is 1. The first kappa shape index (κ1) is 27.0. The molecule has 204 valence electrons. The van der Waals surface area contributed by atoms with E-state index in [1.807, 2.05) is 30.3 Å². The van der Waals surface area contributed by atoms with E-state index in [9.17, 15) is 5.11 Å². The van der Waals surface area contributed by atoms with Crippen molar-refractivity contribution in [1.82, 2.24) is 9.80 Å². The lowest BCUT2D eigenvalue weighted by Gasteiger charge is -2.40. The van der Waals surface area contributed by atoms with Gasteiger partial charge in [0.25, 0.3) is 0 Å². The standard InChI is InChI=1S/C34H41N3O2/c1-5-10-32-30-20-27(26-12-8-13-28(38)19-26)16-17-31(30)35-34(29-14-6-7-15-33(29)39-4)37(32)23-25-11-9-18-36(22-25)21-24(2)3/h6-8,10,12-17,19-20,24-25,38H,5,9,11,18,21-23H2,1-4H3/b32-10-. The van der Waals surface area contributed by atoms with Crippen molar-refractivity contribution in [2.75, 3.05) is 33.3 Å². The maximum atomic E-state index is 10.1. The van der Waals surface area contributed by atoms with E-state index in [0.29, 0.717) is 11.8 Å². The molecule has 0 amide bonds. The number of aliphatic imine (C=N–C) groups is 1. The minimum absolute atomic E-state index is 0.274. The Kier molecular flexibility index (Phi) is 8.37. The second-order valence-electron chi connectivity index (χ2n) is 11.2. The molecule has 3 aromatic carbocycles. The normalized spacial score (nSPS) is 18.8. The number of phenolic OH excluding ortho intramolecular Hbond substituents is 1. The Bertz CT molecular complexity index is 1360. The lowest BCUT2D eigenvalue weighted by molar-refractivity contribution is 0.150. The Morgan fingerprint density at radius 2 is 1.85 bits per heavy atom. The molecule has 5 heteroatoms. The third kappa shape index (κ3) is 6.04. The maximum absolute atomic E-state index is 10.1. The summed E-state index contributed by atoms with van der Waals surface area (Å²) in [5.74, 6) is 3.28. The molecular weight excluding hydrogens is 482 g/mol. The van der Waals surface area contributed by atoms with Gasteiger partial charge >= 0.3 is 0 Å². The molecule has 5 rings (SSSR count). The van der Waals surface area contributed by atoms with E-state index < -0.39 is 0 Å². The molecule has 0 bridgehead atoms. The number of methoxy groups -OCH3 is 1. The van der Waals surface area contributed by atoms with Crippen LogP contribution in [0.3, 0.4) is 0 Å². The Labute approximate surface area is 233 Å². The van der Waals surface area contributed by atoms with E-state index in [-0.39, 0.29) is 5.75 Å². The summed E-state index contributed by atoms with van der Waals surface area (Å²) in [6.07, 6.45) is 5.71. The second-order valence-corrected chi connectivity index (χ2v) is 11.2. The molecule has 1 N–H and O–H groups in total. The average Bonchev–Trinajstić information content (AvgIpc) is 2.93. The number of rotatable bonds is 8. The van der Waals surface area contributed by atoms with Crippen LogP contribution in [0.1, 0.15) is 51.2 Å². The number of ether oxygens (including phenoxy) is 1. The Hall–Kier alpha value is -3.57. The van der Waals surface area contributed by atoms with Gasteiger partial charge in [0.15, 0.2) is 0 Å². The predicted octanol–water partition coefficient (Wildman–Crippen LogP) is 7.58. The summed E-state index contributed by atoms with van der Waals surface area (Å²) in [5.41, 5.74) is 6.37. The highest BCUT2D eigenvalue weighted by Crippen LogP contribution is 2.41. The van der Waals surface area contributed by atoms with Crippen molar-refractivity contribution in [2.24, 2.45) is 16.8 Å². The number of amidine groups is 1. The number of para-hydroxylation sites is 1. The summed E-state index contributed by atoms with van der Waals surface area (Å²) in [5, 5.41) is 10.1. The molecule has 1 fully saturated rings. The molecule has 3 aromatic rings. The highest BCUT2D eigenvalue weighted by atomic mass is 16.5. The SMILES string of the molecule is CC/C=C1/c2cc(-c3cccc(O)c3)ccc2N=C(c2ccccc2OC)N1CC1CCCN(CC(C)C)C1. The fourth-order valence-electron chi connectivity index (χ4n) is 6.01. The topological polar surface area (TPSA) is 48.3 Å². The van der Waals surface area contributed by atoms with Gasteiger partial charge in [-0.3, -0.25) is 0 Å². The number of likely N-dealkylation sites (tertiary alicyclic amines) is 1. The van der Waals surface area contributed by atoms with E-state index in [4.69, 9.17) is 9.73 Å². The van der Waals surface area contributed by atoms with Crippen molar-refractivity contribution in [1.29, 1.82) is 0 Å². The van der Waals surface area contributed by atoms with Crippen LogP contribution in [0.25, 0.3) is 16.8 Å². The van der Waals surface area contributed by atoms with Crippen molar-refractivity contribution in [2.45, 2.75) is 40.0 Å². The first-order valence-electron chi connectivity index (χ1n) is 14.3. The van der Waals surface area contributed by atoms with Crippen LogP contribution >= 0.6 is 0 Å².